The molecule has 0 radical (unpaired) electrons. The zero-order valence-electron chi connectivity index (χ0n) is 18.1. The van der Waals surface area contributed by atoms with Gasteiger partial charge in [-0.2, -0.15) is 0 Å². The maximum absolute atomic E-state index is 13.2. The first kappa shape index (κ1) is 22.7. The van der Waals surface area contributed by atoms with Gasteiger partial charge in [-0.1, -0.05) is 19.1 Å². The van der Waals surface area contributed by atoms with Crippen molar-refractivity contribution >= 4 is 21.6 Å². The molecule has 168 valence electrons. The first-order chi connectivity index (χ1) is 14.7. The van der Waals surface area contributed by atoms with Gasteiger partial charge in [-0.15, -0.1) is 0 Å². The molecule has 0 saturated carbocycles. The van der Waals surface area contributed by atoms with Gasteiger partial charge in [0.2, 0.25) is 15.9 Å². The standard InChI is InChI=1S/C22H28N2O6S/c1-5-19(24(31(4,26)27)17-7-6-8-18(14-17)28-3)22(25)23-15(2)16-9-10-20-21(13-16)30-12-11-29-20/h6-10,13-15,19H,5,11-12H2,1-4H3,(H,23,25)/t15-,19+/m0/s1. The quantitative estimate of drug-likeness (QED) is 0.667. The lowest BCUT2D eigenvalue weighted by atomic mass is 10.1. The average molecular weight is 449 g/mol. The van der Waals surface area contributed by atoms with Crippen molar-refractivity contribution in [2.75, 3.05) is 30.9 Å². The second-order valence-electron chi connectivity index (χ2n) is 7.32. The van der Waals surface area contributed by atoms with Crippen LogP contribution in [0.4, 0.5) is 5.69 Å². The van der Waals surface area contributed by atoms with Crippen LogP contribution in [0.1, 0.15) is 31.9 Å². The Kier molecular flexibility index (Phi) is 6.94. The number of hydrogen-bond acceptors (Lipinski definition) is 6. The Morgan fingerprint density at radius 1 is 1.16 bits per heavy atom. The molecule has 0 unspecified atom stereocenters. The van der Waals surface area contributed by atoms with E-state index >= 15 is 0 Å². The Morgan fingerprint density at radius 2 is 1.87 bits per heavy atom. The molecule has 2 aromatic carbocycles. The van der Waals surface area contributed by atoms with Crippen LogP contribution in [0.15, 0.2) is 42.5 Å². The summed E-state index contributed by atoms with van der Waals surface area (Å²) in [6, 6.07) is 10.9. The molecule has 0 fully saturated rings. The first-order valence-electron chi connectivity index (χ1n) is 10.1. The summed E-state index contributed by atoms with van der Waals surface area (Å²) < 4.78 is 42.8. The van der Waals surface area contributed by atoms with Gasteiger partial charge < -0.3 is 19.5 Å². The van der Waals surface area contributed by atoms with Crippen molar-refractivity contribution in [3.05, 3.63) is 48.0 Å². The number of rotatable bonds is 8. The predicted molar refractivity (Wildman–Crippen MR) is 118 cm³/mol. The number of amides is 1. The highest BCUT2D eigenvalue weighted by Crippen LogP contribution is 2.33. The number of nitrogens with zero attached hydrogens (tertiary/aromatic N) is 1. The van der Waals surface area contributed by atoms with Crippen LogP contribution in [-0.2, 0) is 14.8 Å². The third kappa shape index (κ3) is 5.22. The first-order valence-corrected chi connectivity index (χ1v) is 11.9. The fourth-order valence-electron chi connectivity index (χ4n) is 3.53. The van der Waals surface area contributed by atoms with Crippen LogP contribution in [0.2, 0.25) is 0 Å². The van der Waals surface area contributed by atoms with E-state index in [4.69, 9.17) is 14.2 Å². The van der Waals surface area contributed by atoms with Gasteiger partial charge in [-0.3, -0.25) is 9.10 Å². The van der Waals surface area contributed by atoms with Gasteiger partial charge in [0, 0.05) is 6.07 Å². The number of carbonyl (C=O) groups is 1. The Balaban J connectivity index is 1.84. The molecule has 9 heteroatoms. The maximum Gasteiger partial charge on any atom is 0.244 e. The van der Waals surface area contributed by atoms with Gasteiger partial charge >= 0.3 is 0 Å². The van der Waals surface area contributed by atoms with Crippen LogP contribution in [0, 0.1) is 0 Å². The molecule has 2 atom stereocenters. The minimum absolute atomic E-state index is 0.296. The van der Waals surface area contributed by atoms with E-state index in [1.165, 1.54) is 7.11 Å². The second kappa shape index (κ2) is 9.47. The monoisotopic (exact) mass is 448 g/mol. The molecule has 0 saturated heterocycles. The predicted octanol–water partition coefficient (Wildman–Crippen LogP) is 2.89. The van der Waals surface area contributed by atoms with E-state index in [0.29, 0.717) is 42.6 Å². The van der Waals surface area contributed by atoms with Crippen molar-refractivity contribution < 1.29 is 27.4 Å². The van der Waals surface area contributed by atoms with Gasteiger partial charge in [0.15, 0.2) is 11.5 Å². The molecular formula is C22H28N2O6S. The summed E-state index contributed by atoms with van der Waals surface area (Å²) in [7, 11) is -2.23. The lowest BCUT2D eigenvalue weighted by Gasteiger charge is -2.31. The van der Waals surface area contributed by atoms with E-state index in [1.807, 2.05) is 25.1 Å². The molecule has 31 heavy (non-hydrogen) atoms. The van der Waals surface area contributed by atoms with Crippen LogP contribution in [-0.4, -0.2) is 46.9 Å². The smallest absolute Gasteiger partial charge is 0.244 e. The summed E-state index contributed by atoms with van der Waals surface area (Å²) in [6.45, 7) is 4.59. The zero-order valence-corrected chi connectivity index (χ0v) is 18.9. The third-order valence-electron chi connectivity index (χ3n) is 5.06. The summed E-state index contributed by atoms with van der Waals surface area (Å²) >= 11 is 0. The largest absolute Gasteiger partial charge is 0.497 e. The number of anilines is 1. The molecule has 8 nitrogen and oxygen atoms in total. The van der Waals surface area contributed by atoms with Crippen molar-refractivity contribution in [2.45, 2.75) is 32.4 Å². The molecule has 0 bridgehead atoms. The van der Waals surface area contributed by atoms with Gasteiger partial charge in [-0.25, -0.2) is 8.42 Å². The Labute approximate surface area is 183 Å². The number of fused-ring (bicyclic) bond motifs is 1. The number of ether oxygens (including phenoxy) is 3. The maximum atomic E-state index is 13.2. The Bertz CT molecular complexity index is 1040. The fourth-order valence-corrected chi connectivity index (χ4v) is 4.73. The van der Waals surface area contributed by atoms with Crippen molar-refractivity contribution in [3.63, 3.8) is 0 Å². The molecule has 1 aliphatic heterocycles. The molecule has 0 aliphatic carbocycles. The average Bonchev–Trinajstić information content (AvgIpc) is 2.75. The van der Waals surface area contributed by atoms with Crippen molar-refractivity contribution in [1.82, 2.24) is 5.32 Å². The topological polar surface area (TPSA) is 94.2 Å². The Hall–Kier alpha value is -2.94. The number of benzene rings is 2. The summed E-state index contributed by atoms with van der Waals surface area (Å²) in [5.74, 6) is 1.41. The SMILES string of the molecule is CC[C@H](C(=O)N[C@@H](C)c1ccc2c(c1)OCCO2)N(c1cccc(OC)c1)S(C)(=O)=O. The molecule has 1 amide bonds. The van der Waals surface area contributed by atoms with E-state index in [1.54, 1.807) is 31.2 Å². The number of nitrogens with one attached hydrogen (secondary N) is 1. The summed E-state index contributed by atoms with van der Waals surface area (Å²) in [6.07, 6.45) is 1.39. The lowest BCUT2D eigenvalue weighted by Crippen LogP contribution is -2.49. The van der Waals surface area contributed by atoms with Crippen LogP contribution in [0.3, 0.4) is 0 Å². The number of hydrogen-bond donors (Lipinski definition) is 1. The zero-order chi connectivity index (χ0) is 22.6. The van der Waals surface area contributed by atoms with Crippen molar-refractivity contribution in [1.29, 1.82) is 0 Å². The van der Waals surface area contributed by atoms with E-state index in [9.17, 15) is 13.2 Å². The van der Waals surface area contributed by atoms with Gasteiger partial charge in [0.05, 0.1) is 25.1 Å². The lowest BCUT2D eigenvalue weighted by molar-refractivity contribution is -0.122. The van der Waals surface area contributed by atoms with Crippen LogP contribution >= 0.6 is 0 Å². The van der Waals surface area contributed by atoms with Crippen LogP contribution in [0.25, 0.3) is 0 Å². The van der Waals surface area contributed by atoms with Gasteiger partial charge in [-0.05, 0) is 43.2 Å². The van der Waals surface area contributed by atoms with Gasteiger partial charge in [0.25, 0.3) is 0 Å². The van der Waals surface area contributed by atoms with E-state index in [0.717, 1.165) is 16.1 Å². The molecular weight excluding hydrogens is 420 g/mol. The number of carbonyl (C=O) groups excluding carboxylic acids is 1. The molecule has 1 N–H and O–H groups in total. The van der Waals surface area contributed by atoms with Crippen LogP contribution in [0.5, 0.6) is 17.2 Å². The van der Waals surface area contributed by atoms with Crippen molar-refractivity contribution in [2.24, 2.45) is 0 Å². The number of methoxy groups -OCH3 is 1. The highest BCUT2D eigenvalue weighted by Gasteiger charge is 2.32. The fraction of sp³-hybridized carbons (Fsp3) is 0.409. The molecule has 3 rings (SSSR count). The minimum Gasteiger partial charge on any atom is -0.497 e. The molecule has 2 aromatic rings. The van der Waals surface area contributed by atoms with E-state index in [2.05, 4.69) is 5.32 Å². The number of sulfonamides is 1. The molecule has 0 aromatic heterocycles. The highest BCUT2D eigenvalue weighted by atomic mass is 32.2. The van der Waals surface area contributed by atoms with Gasteiger partial charge in [0.1, 0.15) is 25.0 Å². The summed E-state index contributed by atoms with van der Waals surface area (Å²) in [5, 5.41) is 2.93. The second-order valence-corrected chi connectivity index (χ2v) is 9.18. The van der Waals surface area contributed by atoms with E-state index < -0.39 is 22.0 Å². The van der Waals surface area contributed by atoms with Crippen LogP contribution < -0.4 is 23.8 Å². The molecule has 1 aliphatic rings. The third-order valence-corrected chi connectivity index (χ3v) is 6.24. The normalized spacial score (nSPS) is 15.0. The van der Waals surface area contributed by atoms with Crippen molar-refractivity contribution in [3.8, 4) is 17.2 Å². The summed E-state index contributed by atoms with van der Waals surface area (Å²) in [4.78, 5) is 13.2. The molecule has 0 spiro atoms. The summed E-state index contributed by atoms with van der Waals surface area (Å²) in [5.41, 5.74) is 1.20. The molecule has 1 heterocycles. The van der Waals surface area contributed by atoms with E-state index in [-0.39, 0.29) is 6.04 Å². The highest BCUT2D eigenvalue weighted by molar-refractivity contribution is 7.92. The Morgan fingerprint density at radius 3 is 2.52 bits per heavy atom. The minimum atomic E-state index is -3.73.